The number of ether oxygens (including phenoxy) is 1. The van der Waals surface area contributed by atoms with Gasteiger partial charge in [-0.2, -0.15) is 14.5 Å². The van der Waals surface area contributed by atoms with E-state index in [1.807, 2.05) is 49.3 Å². The lowest BCUT2D eigenvalue weighted by molar-refractivity contribution is 0.101. The molecule has 1 saturated heterocycles. The fraction of sp³-hybridized carbons (Fsp3) is 0.400. The Bertz CT molecular complexity index is 1180. The number of nitrogens with one attached hydrogen (secondary N) is 1. The highest BCUT2D eigenvalue weighted by molar-refractivity contribution is 7.10. The molecule has 1 aliphatic rings. The van der Waals surface area contributed by atoms with Crippen LogP contribution in [0.4, 0.5) is 10.9 Å². The van der Waals surface area contributed by atoms with Gasteiger partial charge in [0.05, 0.1) is 23.1 Å². The minimum absolute atomic E-state index is 0.0950. The Morgan fingerprint density at radius 2 is 2.17 bits per heavy atom. The van der Waals surface area contributed by atoms with E-state index >= 15 is 0 Å². The van der Waals surface area contributed by atoms with Gasteiger partial charge in [0.2, 0.25) is 11.8 Å². The first-order valence-corrected chi connectivity index (χ1v) is 10.8. The van der Waals surface area contributed by atoms with Crippen molar-refractivity contribution in [3.05, 3.63) is 36.4 Å². The molecule has 1 atom stereocenters. The molecule has 1 fully saturated rings. The van der Waals surface area contributed by atoms with Crippen LogP contribution in [-0.4, -0.2) is 59.8 Å². The fourth-order valence-corrected chi connectivity index (χ4v) is 4.46. The Morgan fingerprint density at radius 3 is 2.90 bits per heavy atom. The molecule has 0 saturated carbocycles. The molecule has 0 aromatic carbocycles. The molecule has 5 heterocycles. The summed E-state index contributed by atoms with van der Waals surface area (Å²) >= 11 is 1.39. The molecule has 5 rings (SSSR count). The van der Waals surface area contributed by atoms with Gasteiger partial charge >= 0.3 is 0 Å². The van der Waals surface area contributed by atoms with Crippen LogP contribution in [0.2, 0.25) is 0 Å². The van der Waals surface area contributed by atoms with Crippen molar-refractivity contribution in [1.29, 1.82) is 0 Å². The topological polar surface area (TPSA) is 85.9 Å². The molecule has 0 spiro atoms. The smallest absolute Gasteiger partial charge is 0.244 e. The molecular formula is C20H24N8OS. The van der Waals surface area contributed by atoms with Crippen molar-refractivity contribution in [1.82, 2.24) is 33.6 Å². The van der Waals surface area contributed by atoms with Crippen LogP contribution in [0.1, 0.15) is 18.5 Å². The van der Waals surface area contributed by atoms with Crippen LogP contribution in [0.5, 0.6) is 5.88 Å². The predicted molar refractivity (Wildman–Crippen MR) is 117 cm³/mol. The maximum Gasteiger partial charge on any atom is 0.244 e. The zero-order valence-corrected chi connectivity index (χ0v) is 18.1. The Kier molecular flexibility index (Phi) is 4.87. The van der Waals surface area contributed by atoms with E-state index in [1.54, 1.807) is 4.68 Å². The highest BCUT2D eigenvalue weighted by Crippen LogP contribution is 2.31. The Balaban J connectivity index is 1.57. The van der Waals surface area contributed by atoms with Gasteiger partial charge in [-0.05, 0) is 57.0 Å². The number of aryl methyl sites for hydroxylation is 2. The molecule has 156 valence electrons. The van der Waals surface area contributed by atoms with Crippen LogP contribution in [-0.2, 0) is 7.05 Å². The minimum atomic E-state index is 0.0950. The average Bonchev–Trinajstić information content (AvgIpc) is 3.42. The van der Waals surface area contributed by atoms with Gasteiger partial charge in [-0.1, -0.05) is 0 Å². The second kappa shape index (κ2) is 7.69. The normalized spacial score (nSPS) is 17.5. The summed E-state index contributed by atoms with van der Waals surface area (Å²) in [6, 6.07) is 3.96. The third-order valence-corrected chi connectivity index (χ3v) is 5.99. The largest absolute Gasteiger partial charge is 0.471 e. The predicted octanol–water partition coefficient (Wildman–Crippen LogP) is 3.14. The minimum Gasteiger partial charge on any atom is -0.471 e. The van der Waals surface area contributed by atoms with Gasteiger partial charge in [-0.3, -0.25) is 4.68 Å². The van der Waals surface area contributed by atoms with Crippen molar-refractivity contribution in [2.75, 3.05) is 25.5 Å². The molecule has 1 N–H and O–H groups in total. The molecule has 1 aliphatic heterocycles. The van der Waals surface area contributed by atoms with Crippen LogP contribution >= 0.6 is 11.5 Å². The Labute approximate surface area is 178 Å². The second-order valence-electron chi connectivity index (χ2n) is 7.75. The first kappa shape index (κ1) is 19.0. The van der Waals surface area contributed by atoms with Gasteiger partial charge in [0.1, 0.15) is 16.6 Å². The van der Waals surface area contributed by atoms with Crippen molar-refractivity contribution in [2.45, 2.75) is 25.9 Å². The van der Waals surface area contributed by atoms with Gasteiger partial charge in [-0.25, -0.2) is 4.98 Å². The number of anilines is 2. The Morgan fingerprint density at radius 1 is 1.27 bits per heavy atom. The van der Waals surface area contributed by atoms with E-state index in [2.05, 4.69) is 26.7 Å². The summed E-state index contributed by atoms with van der Waals surface area (Å²) in [7, 11) is 4.03. The van der Waals surface area contributed by atoms with Crippen molar-refractivity contribution in [3.63, 3.8) is 0 Å². The van der Waals surface area contributed by atoms with E-state index in [1.165, 1.54) is 11.5 Å². The number of aromatic nitrogens is 6. The van der Waals surface area contributed by atoms with Crippen LogP contribution in [0.25, 0.3) is 16.7 Å². The van der Waals surface area contributed by atoms with Crippen LogP contribution < -0.4 is 10.1 Å². The van der Waals surface area contributed by atoms with Crippen LogP contribution in [0.15, 0.2) is 30.7 Å². The maximum atomic E-state index is 6.46. The second-order valence-corrected chi connectivity index (χ2v) is 8.55. The molecule has 0 amide bonds. The maximum absolute atomic E-state index is 6.46. The SMILES string of the molecule is Cc1cc(Nc2nc(OC3CCCN(C)C3)c3c(ccn3-c3cnn(C)c3)n2)sn1. The molecule has 0 bridgehead atoms. The van der Waals surface area contributed by atoms with E-state index in [4.69, 9.17) is 14.7 Å². The molecular weight excluding hydrogens is 400 g/mol. The van der Waals surface area contributed by atoms with Gasteiger partial charge in [-0.15, -0.1) is 0 Å². The number of rotatable bonds is 5. The first-order valence-electron chi connectivity index (χ1n) is 9.99. The quantitative estimate of drug-likeness (QED) is 0.527. The summed E-state index contributed by atoms with van der Waals surface area (Å²) in [6.45, 7) is 3.95. The van der Waals surface area contributed by atoms with Crippen molar-refractivity contribution >= 4 is 33.5 Å². The highest BCUT2D eigenvalue weighted by atomic mass is 32.1. The molecule has 9 nitrogen and oxygen atoms in total. The van der Waals surface area contributed by atoms with Gasteiger partial charge in [0.25, 0.3) is 0 Å². The average molecular weight is 425 g/mol. The number of piperidine rings is 1. The zero-order chi connectivity index (χ0) is 20.7. The summed E-state index contributed by atoms with van der Waals surface area (Å²) < 4.78 is 14.6. The van der Waals surface area contributed by atoms with E-state index in [0.717, 1.165) is 53.3 Å². The number of likely N-dealkylation sites (tertiary alicyclic amines) is 1. The van der Waals surface area contributed by atoms with E-state index < -0.39 is 0 Å². The van der Waals surface area contributed by atoms with Crippen LogP contribution in [0, 0.1) is 6.92 Å². The van der Waals surface area contributed by atoms with Crippen LogP contribution in [0.3, 0.4) is 0 Å². The number of hydrogen-bond donors (Lipinski definition) is 1. The lowest BCUT2D eigenvalue weighted by Crippen LogP contribution is -2.38. The fourth-order valence-electron chi connectivity index (χ4n) is 3.80. The number of fused-ring (bicyclic) bond motifs is 1. The van der Waals surface area contributed by atoms with Gasteiger partial charge in [0.15, 0.2) is 0 Å². The van der Waals surface area contributed by atoms with Crippen molar-refractivity contribution in [2.24, 2.45) is 7.05 Å². The molecule has 4 aromatic rings. The number of likely N-dealkylation sites (N-methyl/N-ethyl adjacent to an activating group) is 1. The highest BCUT2D eigenvalue weighted by Gasteiger charge is 2.23. The Hall–Kier alpha value is -2.98. The number of hydrogen-bond acceptors (Lipinski definition) is 8. The standard InChI is InChI=1S/C20H24N8OS/c1-13-9-17(30-25-13)23-20-22-16-6-8-28(14-10-21-27(3)11-14)18(16)19(24-20)29-15-5-4-7-26(2)12-15/h6,8-11,15H,4-5,7,12H2,1-3H3,(H,22,23,24). The first-order chi connectivity index (χ1) is 14.5. The summed E-state index contributed by atoms with van der Waals surface area (Å²) in [6.07, 6.45) is 7.99. The monoisotopic (exact) mass is 424 g/mol. The van der Waals surface area contributed by atoms with Crippen molar-refractivity contribution < 1.29 is 4.74 Å². The van der Waals surface area contributed by atoms with E-state index in [0.29, 0.717) is 11.8 Å². The molecule has 10 heteroatoms. The zero-order valence-electron chi connectivity index (χ0n) is 17.2. The lowest BCUT2D eigenvalue weighted by Gasteiger charge is -2.29. The third-order valence-electron chi connectivity index (χ3n) is 5.19. The summed E-state index contributed by atoms with van der Waals surface area (Å²) in [4.78, 5) is 11.8. The summed E-state index contributed by atoms with van der Waals surface area (Å²) in [5.41, 5.74) is 3.58. The third kappa shape index (κ3) is 3.75. The van der Waals surface area contributed by atoms with Gasteiger partial charge in [0, 0.05) is 26.0 Å². The van der Waals surface area contributed by atoms with Gasteiger partial charge < -0.3 is 19.5 Å². The van der Waals surface area contributed by atoms with E-state index in [-0.39, 0.29) is 6.10 Å². The summed E-state index contributed by atoms with van der Waals surface area (Å²) in [5, 5.41) is 8.48. The van der Waals surface area contributed by atoms with Crippen molar-refractivity contribution in [3.8, 4) is 11.6 Å². The molecule has 0 radical (unpaired) electrons. The summed E-state index contributed by atoms with van der Waals surface area (Å²) in [5.74, 6) is 1.09. The molecule has 30 heavy (non-hydrogen) atoms. The van der Waals surface area contributed by atoms with E-state index in [9.17, 15) is 0 Å². The number of nitrogens with zero attached hydrogens (tertiary/aromatic N) is 7. The molecule has 1 unspecified atom stereocenters. The molecule has 0 aliphatic carbocycles. The molecule has 4 aromatic heterocycles. The lowest BCUT2D eigenvalue weighted by atomic mass is 10.1.